The summed E-state index contributed by atoms with van der Waals surface area (Å²) in [5.74, 6) is -1.29. The fourth-order valence-electron chi connectivity index (χ4n) is 2.67. The van der Waals surface area contributed by atoms with Crippen molar-refractivity contribution >= 4 is 0 Å². The second kappa shape index (κ2) is 5.54. The number of hydrogen-bond acceptors (Lipinski definition) is 0. The molecular formula is C20H34. The van der Waals surface area contributed by atoms with Crippen molar-refractivity contribution in [2.75, 3.05) is 0 Å². The second-order valence-electron chi connectivity index (χ2n) is 8.44. The van der Waals surface area contributed by atoms with Gasteiger partial charge in [0.2, 0.25) is 0 Å². The van der Waals surface area contributed by atoms with Crippen LogP contribution < -0.4 is 0 Å². The van der Waals surface area contributed by atoms with E-state index in [-0.39, 0.29) is 10.8 Å². The lowest BCUT2D eigenvalue weighted by atomic mass is 9.73. The molecule has 0 aromatic heterocycles. The molecule has 0 aliphatic rings. The topological polar surface area (TPSA) is 0 Å². The van der Waals surface area contributed by atoms with Crippen molar-refractivity contribution in [1.82, 2.24) is 0 Å². The standard InChI is InChI=1S/C20H34/c1-13(2)15-11-18(20(8,9)10)16(14(3)4)12-17(15)19(5,6)7/h11-14H,1-10H3/i13D,14D. The lowest BCUT2D eigenvalue weighted by molar-refractivity contribution is 0.555. The van der Waals surface area contributed by atoms with Crippen LogP contribution in [0.15, 0.2) is 12.1 Å². The first-order valence-electron chi connectivity index (χ1n) is 8.65. The fraction of sp³-hybridized carbons (Fsp3) is 0.700. The van der Waals surface area contributed by atoms with Crippen LogP contribution in [0.3, 0.4) is 0 Å². The lowest BCUT2D eigenvalue weighted by Crippen LogP contribution is -2.21. The lowest BCUT2D eigenvalue weighted by Gasteiger charge is -2.32. The summed E-state index contributed by atoms with van der Waals surface area (Å²) in [4.78, 5) is 0. The summed E-state index contributed by atoms with van der Waals surface area (Å²) in [5.41, 5.74) is 4.47. The molecule has 1 aromatic rings. The molecule has 0 heteroatoms. The van der Waals surface area contributed by atoms with E-state index in [0.717, 1.165) is 11.1 Å². The van der Waals surface area contributed by atoms with Crippen molar-refractivity contribution < 1.29 is 2.74 Å². The van der Waals surface area contributed by atoms with E-state index in [1.165, 1.54) is 11.1 Å². The van der Waals surface area contributed by atoms with E-state index in [4.69, 9.17) is 2.74 Å². The third kappa shape index (κ3) is 3.65. The molecule has 1 rings (SSSR count). The van der Waals surface area contributed by atoms with Gasteiger partial charge in [-0.05, 0) is 44.9 Å². The van der Waals surface area contributed by atoms with Crippen molar-refractivity contribution in [2.45, 2.75) is 91.9 Å². The Balaban J connectivity index is 3.90. The van der Waals surface area contributed by atoms with Crippen molar-refractivity contribution in [3.8, 4) is 0 Å². The minimum absolute atomic E-state index is 0.0376. The van der Waals surface area contributed by atoms with Crippen LogP contribution in [0, 0.1) is 0 Å². The molecule has 114 valence electrons. The minimum atomic E-state index is -0.646. The molecule has 0 heterocycles. The fourth-order valence-corrected chi connectivity index (χ4v) is 2.67. The Hall–Kier alpha value is -0.780. The molecule has 0 unspecified atom stereocenters. The molecule has 0 aliphatic heterocycles. The van der Waals surface area contributed by atoms with Crippen molar-refractivity contribution in [3.63, 3.8) is 0 Å². The van der Waals surface area contributed by atoms with Crippen LogP contribution in [-0.4, -0.2) is 0 Å². The van der Waals surface area contributed by atoms with Crippen LogP contribution in [0.5, 0.6) is 0 Å². The predicted octanol–water partition coefficient (Wildman–Crippen LogP) is 6.53. The molecule has 0 amide bonds. The molecule has 0 spiro atoms. The summed E-state index contributed by atoms with van der Waals surface area (Å²) >= 11 is 0. The van der Waals surface area contributed by atoms with Gasteiger partial charge >= 0.3 is 0 Å². The maximum absolute atomic E-state index is 8.57. The quantitative estimate of drug-likeness (QED) is 0.576. The van der Waals surface area contributed by atoms with Crippen LogP contribution in [-0.2, 0) is 10.8 Å². The highest BCUT2D eigenvalue weighted by atomic mass is 14.3. The van der Waals surface area contributed by atoms with E-state index in [1.807, 2.05) is 27.7 Å². The average molecular weight is 277 g/mol. The molecule has 0 fully saturated rings. The highest BCUT2D eigenvalue weighted by Gasteiger charge is 2.26. The summed E-state index contributed by atoms with van der Waals surface area (Å²) < 4.78 is 17.1. The molecule has 0 bridgehead atoms. The van der Waals surface area contributed by atoms with Crippen LogP contribution in [0.2, 0.25) is 0 Å². The Kier molecular flexibility index (Phi) is 3.93. The van der Waals surface area contributed by atoms with Crippen molar-refractivity contribution in [1.29, 1.82) is 0 Å². The zero-order valence-corrected chi connectivity index (χ0v) is 15.2. The second-order valence-corrected chi connectivity index (χ2v) is 8.44. The largest absolute Gasteiger partial charge is 0.0587 e. The van der Waals surface area contributed by atoms with E-state index in [0.29, 0.717) is 0 Å². The van der Waals surface area contributed by atoms with E-state index >= 15 is 0 Å². The first-order valence-corrected chi connectivity index (χ1v) is 7.65. The number of rotatable bonds is 2. The van der Waals surface area contributed by atoms with Gasteiger partial charge in [-0.3, -0.25) is 0 Å². The van der Waals surface area contributed by atoms with E-state index in [1.54, 1.807) is 0 Å². The van der Waals surface area contributed by atoms with Gasteiger partial charge in [0.05, 0.1) is 0 Å². The molecule has 0 atom stereocenters. The van der Waals surface area contributed by atoms with Gasteiger partial charge in [0, 0.05) is 2.74 Å². The predicted molar refractivity (Wildman–Crippen MR) is 92.0 cm³/mol. The van der Waals surface area contributed by atoms with E-state index in [9.17, 15) is 0 Å². The van der Waals surface area contributed by atoms with Gasteiger partial charge in [0.25, 0.3) is 0 Å². The molecule has 0 saturated carbocycles. The average Bonchev–Trinajstić information content (AvgIpc) is 2.22. The molecule has 0 radical (unpaired) electrons. The van der Waals surface area contributed by atoms with Gasteiger partial charge in [-0.1, -0.05) is 81.4 Å². The van der Waals surface area contributed by atoms with Gasteiger partial charge in [0.15, 0.2) is 0 Å². The molecule has 0 N–H and O–H groups in total. The summed E-state index contributed by atoms with van der Waals surface area (Å²) in [6.45, 7) is 21.0. The Bertz CT molecular complexity index is 443. The SMILES string of the molecule is [2H]C(C)(C)c1cc(C(C)(C)C)c(C([2H])(C)C)cc1C(C)(C)C. The highest BCUT2D eigenvalue weighted by Crippen LogP contribution is 2.39. The normalized spacial score (nSPS) is 15.9. The Morgan fingerprint density at radius 1 is 0.700 bits per heavy atom. The Labute approximate surface area is 129 Å². The Morgan fingerprint density at radius 3 is 1.10 bits per heavy atom. The van der Waals surface area contributed by atoms with Gasteiger partial charge < -0.3 is 0 Å². The zero-order chi connectivity index (χ0) is 17.7. The van der Waals surface area contributed by atoms with Gasteiger partial charge in [0.1, 0.15) is 0 Å². The molecule has 0 aliphatic carbocycles. The third-order valence-electron chi connectivity index (χ3n) is 3.85. The summed E-state index contributed by atoms with van der Waals surface area (Å²) in [6, 6.07) is 4.39. The van der Waals surface area contributed by atoms with Gasteiger partial charge in [-0.15, -0.1) is 0 Å². The first kappa shape index (κ1) is 14.2. The Morgan fingerprint density at radius 2 is 0.950 bits per heavy atom. The summed E-state index contributed by atoms with van der Waals surface area (Å²) in [5, 5.41) is 0. The summed E-state index contributed by atoms with van der Waals surface area (Å²) in [6.07, 6.45) is 0. The number of benzene rings is 1. The van der Waals surface area contributed by atoms with E-state index < -0.39 is 11.8 Å². The molecule has 0 nitrogen and oxygen atoms in total. The molecule has 0 saturated heterocycles. The molecule has 1 aromatic carbocycles. The maximum atomic E-state index is 8.57. The summed E-state index contributed by atoms with van der Waals surface area (Å²) in [7, 11) is 0. The maximum Gasteiger partial charge on any atom is 0.0347 e. The monoisotopic (exact) mass is 276 g/mol. The van der Waals surface area contributed by atoms with Crippen LogP contribution in [0.25, 0.3) is 0 Å². The molecular weight excluding hydrogens is 240 g/mol. The smallest absolute Gasteiger partial charge is 0.0347 e. The van der Waals surface area contributed by atoms with Crippen LogP contribution in [0.1, 0.15) is 106 Å². The van der Waals surface area contributed by atoms with Crippen LogP contribution in [0.4, 0.5) is 0 Å². The van der Waals surface area contributed by atoms with Gasteiger partial charge in [-0.25, -0.2) is 0 Å². The zero-order valence-electron chi connectivity index (χ0n) is 17.2. The number of hydrogen-bond donors (Lipinski definition) is 0. The van der Waals surface area contributed by atoms with Gasteiger partial charge in [-0.2, -0.15) is 0 Å². The van der Waals surface area contributed by atoms with Crippen LogP contribution >= 0.6 is 0 Å². The molecule has 20 heavy (non-hydrogen) atoms. The minimum Gasteiger partial charge on any atom is -0.0587 e. The van der Waals surface area contributed by atoms with Crippen molar-refractivity contribution in [3.05, 3.63) is 34.4 Å². The highest BCUT2D eigenvalue weighted by molar-refractivity contribution is 5.47. The third-order valence-corrected chi connectivity index (χ3v) is 3.85. The van der Waals surface area contributed by atoms with E-state index in [2.05, 4.69) is 53.7 Å². The first-order chi connectivity index (χ1) is 9.45. The van der Waals surface area contributed by atoms with Crippen molar-refractivity contribution in [2.24, 2.45) is 0 Å².